The summed E-state index contributed by atoms with van der Waals surface area (Å²) in [6.45, 7) is 5.69. The van der Waals surface area contributed by atoms with Gasteiger partial charge in [-0.15, -0.1) is 0 Å². The minimum Gasteiger partial charge on any atom is -0.465 e. The maximum absolute atomic E-state index is 14.8. The van der Waals surface area contributed by atoms with Crippen LogP contribution in [-0.2, 0) is 4.74 Å². The number of nitrogens with one attached hydrogen (secondary N) is 3. The van der Waals surface area contributed by atoms with Gasteiger partial charge in [0.25, 0.3) is 0 Å². The van der Waals surface area contributed by atoms with Crippen molar-refractivity contribution in [2.24, 2.45) is 0 Å². The van der Waals surface area contributed by atoms with Crippen LogP contribution in [0.2, 0.25) is 0 Å². The molecule has 4 N–H and O–H groups in total. The van der Waals surface area contributed by atoms with Gasteiger partial charge in [0.05, 0.1) is 30.7 Å². The molecule has 2 aromatic rings. The molecule has 10 nitrogen and oxygen atoms in total. The number of halogens is 2. The Labute approximate surface area is 202 Å². The van der Waals surface area contributed by atoms with Crippen LogP contribution in [0.5, 0.6) is 0 Å². The maximum Gasteiger partial charge on any atom is 0.404 e. The van der Waals surface area contributed by atoms with Gasteiger partial charge in [-0.05, 0) is 19.4 Å². The first-order valence-corrected chi connectivity index (χ1v) is 11.4. The molecule has 0 radical (unpaired) electrons. The molecule has 0 bridgehead atoms. The van der Waals surface area contributed by atoms with Crippen LogP contribution in [0.15, 0.2) is 18.3 Å². The molecule has 0 aromatic carbocycles. The molecule has 188 valence electrons. The number of morpholine rings is 1. The van der Waals surface area contributed by atoms with Gasteiger partial charge in [-0.2, -0.15) is 5.26 Å². The van der Waals surface area contributed by atoms with E-state index in [9.17, 15) is 18.8 Å². The Morgan fingerprint density at radius 3 is 2.66 bits per heavy atom. The lowest BCUT2D eigenvalue weighted by molar-refractivity contribution is 0.122. The number of hydrogen-bond acceptors (Lipinski definition) is 8. The van der Waals surface area contributed by atoms with Gasteiger partial charge in [0.15, 0.2) is 29.1 Å². The highest BCUT2D eigenvalue weighted by molar-refractivity contribution is 5.66. The van der Waals surface area contributed by atoms with E-state index >= 15 is 0 Å². The molecule has 2 atom stereocenters. The normalized spacial score (nSPS) is 15.1. The first-order valence-electron chi connectivity index (χ1n) is 11.4. The van der Waals surface area contributed by atoms with Crippen molar-refractivity contribution in [2.45, 2.75) is 45.2 Å². The Morgan fingerprint density at radius 1 is 1.29 bits per heavy atom. The fourth-order valence-electron chi connectivity index (χ4n) is 3.76. The van der Waals surface area contributed by atoms with E-state index in [1.165, 1.54) is 12.3 Å². The molecular formula is C23H29F2N7O3. The van der Waals surface area contributed by atoms with Crippen molar-refractivity contribution in [1.82, 2.24) is 15.3 Å². The maximum atomic E-state index is 14.8. The van der Waals surface area contributed by atoms with E-state index in [2.05, 4.69) is 25.9 Å². The smallest absolute Gasteiger partial charge is 0.404 e. The molecule has 1 saturated heterocycles. The van der Waals surface area contributed by atoms with Gasteiger partial charge in [-0.25, -0.2) is 23.5 Å². The number of anilines is 4. The van der Waals surface area contributed by atoms with Crippen molar-refractivity contribution in [2.75, 3.05) is 41.8 Å². The van der Waals surface area contributed by atoms with Gasteiger partial charge in [-0.3, -0.25) is 0 Å². The highest BCUT2D eigenvalue weighted by Crippen LogP contribution is 2.27. The molecule has 3 heterocycles. The average Bonchev–Trinajstić information content (AvgIpc) is 2.83. The molecule has 0 unspecified atom stereocenters. The van der Waals surface area contributed by atoms with Crippen molar-refractivity contribution < 1.29 is 23.4 Å². The first kappa shape index (κ1) is 25.9. The molecule has 1 amide bonds. The first-order chi connectivity index (χ1) is 16.8. The van der Waals surface area contributed by atoms with E-state index in [-0.39, 0.29) is 28.7 Å². The highest BCUT2D eigenvalue weighted by atomic mass is 19.1. The van der Waals surface area contributed by atoms with E-state index in [4.69, 9.17) is 9.84 Å². The van der Waals surface area contributed by atoms with Crippen LogP contribution >= 0.6 is 0 Å². The predicted octanol–water partition coefficient (Wildman–Crippen LogP) is 3.83. The number of carbonyl (C=O) groups is 1. The Morgan fingerprint density at radius 2 is 2.03 bits per heavy atom. The molecule has 12 heteroatoms. The highest BCUT2D eigenvalue weighted by Gasteiger charge is 2.22. The van der Waals surface area contributed by atoms with Crippen molar-refractivity contribution >= 4 is 29.2 Å². The van der Waals surface area contributed by atoms with Crippen molar-refractivity contribution in [3.05, 3.63) is 35.5 Å². The van der Waals surface area contributed by atoms with Gasteiger partial charge >= 0.3 is 6.09 Å². The molecule has 1 aliphatic heterocycles. The van der Waals surface area contributed by atoms with Crippen LogP contribution in [0.1, 0.15) is 38.7 Å². The number of hydrogen-bond donors (Lipinski definition) is 4. The number of carboxylic acid groups (broad SMARTS) is 1. The van der Waals surface area contributed by atoms with Crippen molar-refractivity contribution in [1.29, 1.82) is 5.26 Å². The van der Waals surface area contributed by atoms with E-state index in [1.54, 1.807) is 11.8 Å². The van der Waals surface area contributed by atoms with Crippen LogP contribution < -0.4 is 20.9 Å². The van der Waals surface area contributed by atoms with Crippen LogP contribution in [-0.4, -0.2) is 59.6 Å². The average molecular weight is 490 g/mol. The zero-order valence-electron chi connectivity index (χ0n) is 19.6. The number of unbranched alkanes of at least 4 members (excludes halogenated alkanes) is 1. The summed E-state index contributed by atoms with van der Waals surface area (Å²) in [5.41, 5.74) is 0.164. The summed E-state index contributed by atoms with van der Waals surface area (Å²) in [4.78, 5) is 21.3. The Balaban J connectivity index is 1.84. The Kier molecular flexibility index (Phi) is 8.97. The van der Waals surface area contributed by atoms with Gasteiger partial charge < -0.3 is 30.7 Å². The van der Waals surface area contributed by atoms with Crippen molar-refractivity contribution in [3.63, 3.8) is 0 Å². The Bertz CT molecular complexity index is 1070. The molecule has 3 rings (SSSR count). The van der Waals surface area contributed by atoms with E-state index < -0.39 is 29.8 Å². The third-order valence-corrected chi connectivity index (χ3v) is 5.64. The summed E-state index contributed by atoms with van der Waals surface area (Å²) in [5, 5.41) is 26.7. The topological polar surface area (TPSA) is 135 Å². The third-order valence-electron chi connectivity index (χ3n) is 5.64. The lowest BCUT2D eigenvalue weighted by Crippen LogP contribution is -2.44. The predicted molar refractivity (Wildman–Crippen MR) is 127 cm³/mol. The second kappa shape index (κ2) is 12.1. The van der Waals surface area contributed by atoms with Crippen LogP contribution in [0, 0.1) is 23.0 Å². The van der Waals surface area contributed by atoms with Gasteiger partial charge in [0.2, 0.25) is 0 Å². The van der Waals surface area contributed by atoms with Gasteiger partial charge in [0.1, 0.15) is 6.07 Å². The van der Waals surface area contributed by atoms with E-state index in [1.807, 2.05) is 13.0 Å². The molecular weight excluding hydrogens is 460 g/mol. The summed E-state index contributed by atoms with van der Waals surface area (Å²) in [5.74, 6) is -1.24. The lowest BCUT2D eigenvalue weighted by Gasteiger charge is -2.28. The quantitative estimate of drug-likeness (QED) is 0.392. The second-order valence-electron chi connectivity index (χ2n) is 8.21. The molecule has 2 aromatic heterocycles. The van der Waals surface area contributed by atoms with Gasteiger partial charge in [-0.1, -0.05) is 19.8 Å². The number of nitriles is 1. The number of pyridine rings is 2. The third kappa shape index (κ3) is 6.89. The monoisotopic (exact) mass is 489 g/mol. The van der Waals surface area contributed by atoms with E-state index in [0.717, 1.165) is 18.9 Å². The molecule has 35 heavy (non-hydrogen) atoms. The summed E-state index contributed by atoms with van der Waals surface area (Å²) in [6.07, 6.45) is 2.45. The molecule has 1 fully saturated rings. The van der Waals surface area contributed by atoms with Crippen LogP contribution in [0.3, 0.4) is 0 Å². The SMILES string of the molecule is CCCC[C@H](Nc1nc(Nc2cnc(N3CCOCC3)c(F)c2)c(C#N)cc1F)[C@H](C)NC(=O)O. The largest absolute Gasteiger partial charge is 0.465 e. The molecule has 0 spiro atoms. The zero-order valence-corrected chi connectivity index (χ0v) is 19.6. The summed E-state index contributed by atoms with van der Waals surface area (Å²) in [7, 11) is 0. The number of nitrogens with zero attached hydrogens (tertiary/aromatic N) is 4. The molecule has 0 aliphatic carbocycles. The number of ether oxygens (including phenoxy) is 1. The Hall–Kier alpha value is -3.72. The minimum atomic E-state index is -1.19. The number of aromatic nitrogens is 2. The minimum absolute atomic E-state index is 0.0183. The summed E-state index contributed by atoms with van der Waals surface area (Å²) in [6, 6.07) is 3.17. The van der Waals surface area contributed by atoms with Crippen LogP contribution in [0.25, 0.3) is 0 Å². The van der Waals surface area contributed by atoms with Gasteiger partial charge in [0, 0.05) is 31.2 Å². The zero-order chi connectivity index (χ0) is 25.4. The fraction of sp³-hybridized carbons (Fsp3) is 0.478. The lowest BCUT2D eigenvalue weighted by atomic mass is 10.0. The number of amides is 1. The standard InChI is InChI=1S/C23H29F2N7O3/c1-3-4-5-19(14(2)28-23(33)34)30-21-17(24)10-15(12-26)20(31-21)29-16-11-18(25)22(27-13-16)32-6-8-35-9-7-32/h10-11,13-14,19,28H,3-9H2,1-2H3,(H,33,34)(H2,29,30,31)/t14-,19-/m0/s1. The van der Waals surface area contributed by atoms with Crippen LogP contribution in [0.4, 0.5) is 36.7 Å². The second-order valence-corrected chi connectivity index (χ2v) is 8.21. The molecule has 0 saturated carbocycles. The number of rotatable bonds is 10. The summed E-state index contributed by atoms with van der Waals surface area (Å²) >= 11 is 0. The van der Waals surface area contributed by atoms with E-state index in [0.29, 0.717) is 32.7 Å². The van der Waals surface area contributed by atoms with Crippen molar-refractivity contribution in [3.8, 4) is 6.07 Å². The summed E-state index contributed by atoms with van der Waals surface area (Å²) < 4.78 is 34.8. The molecule has 1 aliphatic rings. The fourth-order valence-corrected chi connectivity index (χ4v) is 3.76.